The zero-order valence-corrected chi connectivity index (χ0v) is 12.5. The Labute approximate surface area is 137 Å². The van der Waals surface area contributed by atoms with Gasteiger partial charge in [0.15, 0.2) is 0 Å². The van der Waals surface area contributed by atoms with Gasteiger partial charge in [0.25, 0.3) is 5.69 Å². The van der Waals surface area contributed by atoms with Gasteiger partial charge in [0, 0.05) is 36.6 Å². The monoisotopic (exact) mass is 323 g/mol. The number of hydrogen-bond donors (Lipinski definition) is 1. The van der Waals surface area contributed by atoms with Crippen LogP contribution in [0.1, 0.15) is 15.9 Å². The normalized spacial score (nSPS) is 10.5. The second kappa shape index (κ2) is 6.33. The standard InChI is InChI=1S/C17H13N3O4/c21-17(22)15-4-2-1-3-13(15)11-19-10-9-18-16(19)12-5-7-14(8-6-12)20(23)24/h1-10H,11H2,(H,21,22). The van der Waals surface area contributed by atoms with Crippen LogP contribution in [-0.4, -0.2) is 25.6 Å². The first-order chi connectivity index (χ1) is 11.6. The van der Waals surface area contributed by atoms with Gasteiger partial charge in [-0.2, -0.15) is 0 Å². The van der Waals surface area contributed by atoms with E-state index in [0.29, 0.717) is 17.9 Å². The summed E-state index contributed by atoms with van der Waals surface area (Å²) in [6.07, 6.45) is 3.36. The van der Waals surface area contributed by atoms with E-state index in [4.69, 9.17) is 0 Å². The number of rotatable bonds is 5. The third-order valence-electron chi connectivity index (χ3n) is 3.64. The van der Waals surface area contributed by atoms with Crippen molar-refractivity contribution in [2.24, 2.45) is 0 Å². The summed E-state index contributed by atoms with van der Waals surface area (Å²) in [6, 6.07) is 12.9. The first-order valence-corrected chi connectivity index (χ1v) is 7.13. The van der Waals surface area contributed by atoms with Crippen molar-refractivity contribution in [1.29, 1.82) is 0 Å². The Kier molecular flexibility index (Phi) is 4.07. The molecule has 3 aromatic rings. The van der Waals surface area contributed by atoms with Crippen LogP contribution < -0.4 is 0 Å². The van der Waals surface area contributed by atoms with Crippen LogP contribution >= 0.6 is 0 Å². The van der Waals surface area contributed by atoms with Gasteiger partial charge in [-0.05, 0) is 23.8 Å². The third-order valence-corrected chi connectivity index (χ3v) is 3.64. The second-order valence-corrected chi connectivity index (χ2v) is 5.15. The van der Waals surface area contributed by atoms with Gasteiger partial charge >= 0.3 is 5.97 Å². The number of nitrogens with zero attached hydrogens (tertiary/aromatic N) is 3. The molecule has 0 saturated heterocycles. The van der Waals surface area contributed by atoms with E-state index in [0.717, 1.165) is 5.56 Å². The van der Waals surface area contributed by atoms with Crippen molar-refractivity contribution in [3.8, 4) is 11.4 Å². The van der Waals surface area contributed by atoms with Crippen molar-refractivity contribution in [2.75, 3.05) is 0 Å². The fourth-order valence-electron chi connectivity index (χ4n) is 2.48. The summed E-state index contributed by atoms with van der Waals surface area (Å²) in [4.78, 5) is 25.9. The lowest BCUT2D eigenvalue weighted by Crippen LogP contribution is -2.07. The molecule has 2 aromatic carbocycles. The molecule has 24 heavy (non-hydrogen) atoms. The van der Waals surface area contributed by atoms with Crippen LogP contribution in [0.25, 0.3) is 11.4 Å². The molecule has 0 atom stereocenters. The molecule has 0 aliphatic carbocycles. The number of carbonyl (C=O) groups is 1. The van der Waals surface area contributed by atoms with E-state index in [1.807, 2.05) is 4.57 Å². The Morgan fingerprint density at radius 3 is 2.54 bits per heavy atom. The van der Waals surface area contributed by atoms with Crippen LogP contribution in [0.3, 0.4) is 0 Å². The number of nitro groups is 1. The molecule has 7 nitrogen and oxygen atoms in total. The van der Waals surface area contributed by atoms with E-state index in [9.17, 15) is 20.0 Å². The van der Waals surface area contributed by atoms with Gasteiger partial charge in [0.2, 0.25) is 0 Å². The Bertz CT molecular complexity index is 900. The Hall–Kier alpha value is -3.48. The second-order valence-electron chi connectivity index (χ2n) is 5.15. The molecule has 0 spiro atoms. The van der Waals surface area contributed by atoms with E-state index in [2.05, 4.69) is 4.98 Å². The molecule has 1 aromatic heterocycles. The molecule has 0 aliphatic rings. The van der Waals surface area contributed by atoms with Gasteiger partial charge in [-0.15, -0.1) is 0 Å². The Balaban J connectivity index is 1.94. The van der Waals surface area contributed by atoms with E-state index < -0.39 is 10.9 Å². The number of benzene rings is 2. The molecule has 0 fully saturated rings. The summed E-state index contributed by atoms with van der Waals surface area (Å²) in [5, 5.41) is 20.0. The van der Waals surface area contributed by atoms with E-state index in [1.54, 1.807) is 48.8 Å². The molecule has 0 amide bonds. The minimum absolute atomic E-state index is 0.00748. The SMILES string of the molecule is O=C(O)c1ccccc1Cn1ccnc1-c1ccc([N+](=O)[O-])cc1. The predicted molar refractivity (Wildman–Crippen MR) is 86.8 cm³/mol. The summed E-state index contributed by atoms with van der Waals surface area (Å²) in [5.74, 6) is -0.368. The van der Waals surface area contributed by atoms with E-state index >= 15 is 0 Å². The quantitative estimate of drug-likeness (QED) is 0.574. The van der Waals surface area contributed by atoms with E-state index in [1.165, 1.54) is 12.1 Å². The molecule has 0 radical (unpaired) electrons. The highest BCUT2D eigenvalue weighted by Gasteiger charge is 2.13. The number of carboxylic acid groups (broad SMARTS) is 1. The maximum absolute atomic E-state index is 11.3. The molecule has 1 N–H and O–H groups in total. The topological polar surface area (TPSA) is 98.3 Å². The highest BCUT2D eigenvalue weighted by molar-refractivity contribution is 5.89. The van der Waals surface area contributed by atoms with Crippen LogP contribution in [-0.2, 0) is 6.54 Å². The molecule has 1 heterocycles. The molecule has 0 saturated carbocycles. The van der Waals surface area contributed by atoms with Gasteiger partial charge in [-0.3, -0.25) is 10.1 Å². The molecule has 0 unspecified atom stereocenters. The first kappa shape index (κ1) is 15.4. The zero-order valence-electron chi connectivity index (χ0n) is 12.5. The van der Waals surface area contributed by atoms with Crippen molar-refractivity contribution >= 4 is 11.7 Å². The van der Waals surface area contributed by atoms with Crippen molar-refractivity contribution in [3.63, 3.8) is 0 Å². The van der Waals surface area contributed by atoms with Crippen LogP contribution in [0.15, 0.2) is 60.9 Å². The van der Waals surface area contributed by atoms with Crippen molar-refractivity contribution in [3.05, 3.63) is 82.2 Å². The van der Waals surface area contributed by atoms with Gasteiger partial charge in [-0.1, -0.05) is 18.2 Å². The number of aromatic nitrogens is 2. The van der Waals surface area contributed by atoms with Crippen molar-refractivity contribution in [2.45, 2.75) is 6.54 Å². The average Bonchev–Trinajstić information content (AvgIpc) is 3.03. The Morgan fingerprint density at radius 1 is 1.17 bits per heavy atom. The Morgan fingerprint density at radius 2 is 1.88 bits per heavy atom. The van der Waals surface area contributed by atoms with Gasteiger partial charge < -0.3 is 9.67 Å². The zero-order chi connectivity index (χ0) is 17.1. The van der Waals surface area contributed by atoms with E-state index in [-0.39, 0.29) is 11.3 Å². The molecule has 0 bridgehead atoms. The number of carboxylic acids is 1. The highest BCUT2D eigenvalue weighted by Crippen LogP contribution is 2.22. The highest BCUT2D eigenvalue weighted by atomic mass is 16.6. The lowest BCUT2D eigenvalue weighted by atomic mass is 10.1. The summed E-state index contributed by atoms with van der Waals surface area (Å²) in [5.41, 5.74) is 1.62. The number of imidazole rings is 1. The minimum Gasteiger partial charge on any atom is -0.478 e. The smallest absolute Gasteiger partial charge is 0.336 e. The minimum atomic E-state index is -0.984. The van der Waals surface area contributed by atoms with Gasteiger partial charge in [-0.25, -0.2) is 9.78 Å². The number of aromatic carboxylic acids is 1. The molecule has 120 valence electrons. The van der Waals surface area contributed by atoms with Crippen molar-refractivity contribution < 1.29 is 14.8 Å². The lowest BCUT2D eigenvalue weighted by Gasteiger charge is -2.10. The lowest BCUT2D eigenvalue weighted by molar-refractivity contribution is -0.384. The number of non-ortho nitro benzene ring substituents is 1. The first-order valence-electron chi connectivity index (χ1n) is 7.13. The molecule has 0 aliphatic heterocycles. The molecule has 3 rings (SSSR count). The molecule has 7 heteroatoms. The largest absolute Gasteiger partial charge is 0.478 e. The predicted octanol–water partition coefficient (Wildman–Crippen LogP) is 3.20. The summed E-state index contributed by atoms with van der Waals surface area (Å²) in [6.45, 7) is 0.342. The molecular weight excluding hydrogens is 310 g/mol. The molecular formula is C17H13N3O4. The summed E-state index contributed by atoms with van der Waals surface area (Å²) < 4.78 is 1.81. The number of hydrogen-bond acceptors (Lipinski definition) is 4. The van der Waals surface area contributed by atoms with Crippen LogP contribution in [0.4, 0.5) is 5.69 Å². The van der Waals surface area contributed by atoms with Gasteiger partial charge in [0.1, 0.15) is 5.82 Å². The van der Waals surface area contributed by atoms with Crippen LogP contribution in [0, 0.1) is 10.1 Å². The van der Waals surface area contributed by atoms with Crippen LogP contribution in [0.2, 0.25) is 0 Å². The fourth-order valence-corrected chi connectivity index (χ4v) is 2.48. The van der Waals surface area contributed by atoms with Crippen molar-refractivity contribution in [1.82, 2.24) is 9.55 Å². The third kappa shape index (κ3) is 3.00. The average molecular weight is 323 g/mol. The maximum Gasteiger partial charge on any atom is 0.336 e. The summed E-state index contributed by atoms with van der Waals surface area (Å²) >= 11 is 0. The summed E-state index contributed by atoms with van der Waals surface area (Å²) in [7, 11) is 0. The fraction of sp³-hybridized carbons (Fsp3) is 0.0588. The maximum atomic E-state index is 11.3. The van der Waals surface area contributed by atoms with Crippen LogP contribution in [0.5, 0.6) is 0 Å². The number of nitro benzene ring substituents is 1. The van der Waals surface area contributed by atoms with Gasteiger partial charge in [0.05, 0.1) is 10.5 Å².